The number of halogens is 1. The molecule has 18 heavy (non-hydrogen) atoms. The predicted octanol–water partition coefficient (Wildman–Crippen LogP) is 1.24. The summed E-state index contributed by atoms with van der Waals surface area (Å²) in [6.45, 7) is 1.11. The van der Waals surface area contributed by atoms with Gasteiger partial charge in [-0.2, -0.15) is 0 Å². The molecule has 0 aliphatic heterocycles. The van der Waals surface area contributed by atoms with Gasteiger partial charge in [-0.05, 0) is 38.2 Å². The molecule has 0 aromatic heterocycles. The third-order valence-corrected chi connectivity index (χ3v) is 4.03. The standard InChI is InChI=1S/C11H17ClN2O3S/c1-13-6-3-7-14-18(15,16)11-8-9(12)4-5-10(11)17-2/h4-5,8,13-14H,3,6-7H2,1-2H3. The lowest BCUT2D eigenvalue weighted by atomic mass is 10.3. The molecule has 7 heteroatoms. The van der Waals surface area contributed by atoms with Crippen LogP contribution in [0.3, 0.4) is 0 Å². The number of methoxy groups -OCH3 is 1. The van der Waals surface area contributed by atoms with Crippen molar-refractivity contribution in [2.75, 3.05) is 27.2 Å². The number of hydrogen-bond donors (Lipinski definition) is 2. The number of ether oxygens (including phenoxy) is 1. The number of rotatable bonds is 7. The maximum atomic E-state index is 12.1. The Morgan fingerprint density at radius 2 is 2.06 bits per heavy atom. The Morgan fingerprint density at radius 3 is 2.67 bits per heavy atom. The van der Waals surface area contributed by atoms with Gasteiger partial charge in [0.2, 0.25) is 10.0 Å². The summed E-state index contributed by atoms with van der Waals surface area (Å²) in [4.78, 5) is 0.0574. The molecule has 5 nitrogen and oxygen atoms in total. The highest BCUT2D eigenvalue weighted by Gasteiger charge is 2.19. The smallest absolute Gasteiger partial charge is 0.244 e. The molecule has 102 valence electrons. The molecule has 0 unspecified atom stereocenters. The highest BCUT2D eigenvalue weighted by atomic mass is 35.5. The monoisotopic (exact) mass is 292 g/mol. The minimum atomic E-state index is -3.59. The van der Waals surface area contributed by atoms with Gasteiger partial charge in [-0.25, -0.2) is 13.1 Å². The molecule has 0 amide bonds. The van der Waals surface area contributed by atoms with E-state index in [0.717, 1.165) is 6.54 Å². The third-order valence-electron chi connectivity index (χ3n) is 2.31. The van der Waals surface area contributed by atoms with Crippen molar-refractivity contribution in [3.63, 3.8) is 0 Å². The van der Waals surface area contributed by atoms with E-state index in [1.54, 1.807) is 6.07 Å². The zero-order valence-corrected chi connectivity index (χ0v) is 11.9. The minimum Gasteiger partial charge on any atom is -0.495 e. The first-order valence-corrected chi connectivity index (χ1v) is 7.35. The third kappa shape index (κ3) is 4.13. The number of sulfonamides is 1. The van der Waals surface area contributed by atoms with Crippen molar-refractivity contribution < 1.29 is 13.2 Å². The summed E-state index contributed by atoms with van der Waals surface area (Å²) in [5, 5.41) is 3.30. The maximum absolute atomic E-state index is 12.1. The van der Waals surface area contributed by atoms with Gasteiger partial charge in [-0.1, -0.05) is 11.6 Å². The Bertz CT molecular complexity index is 491. The van der Waals surface area contributed by atoms with E-state index >= 15 is 0 Å². The minimum absolute atomic E-state index is 0.0574. The summed E-state index contributed by atoms with van der Waals surface area (Å²) in [6.07, 6.45) is 0.707. The van der Waals surface area contributed by atoms with Crippen LogP contribution in [0.5, 0.6) is 5.75 Å². The second kappa shape index (κ2) is 6.94. The van der Waals surface area contributed by atoms with Crippen molar-refractivity contribution >= 4 is 21.6 Å². The Morgan fingerprint density at radius 1 is 1.33 bits per heavy atom. The lowest BCUT2D eigenvalue weighted by Crippen LogP contribution is -2.27. The van der Waals surface area contributed by atoms with Crippen LogP contribution in [0, 0.1) is 0 Å². The fourth-order valence-electron chi connectivity index (χ4n) is 1.41. The fraction of sp³-hybridized carbons (Fsp3) is 0.455. The van der Waals surface area contributed by atoms with Crippen LogP contribution in [0.4, 0.5) is 0 Å². The van der Waals surface area contributed by atoms with E-state index in [0.29, 0.717) is 18.0 Å². The van der Waals surface area contributed by atoms with E-state index in [4.69, 9.17) is 16.3 Å². The van der Waals surface area contributed by atoms with Crippen LogP contribution < -0.4 is 14.8 Å². The molecular weight excluding hydrogens is 276 g/mol. The van der Waals surface area contributed by atoms with Crippen molar-refractivity contribution in [3.05, 3.63) is 23.2 Å². The topological polar surface area (TPSA) is 67.4 Å². The van der Waals surface area contributed by atoms with Crippen LogP contribution >= 0.6 is 11.6 Å². The van der Waals surface area contributed by atoms with Gasteiger partial charge in [0, 0.05) is 11.6 Å². The molecule has 0 aliphatic carbocycles. The Labute approximate surface area is 113 Å². The van der Waals surface area contributed by atoms with Crippen LogP contribution in [-0.2, 0) is 10.0 Å². The van der Waals surface area contributed by atoms with Crippen LogP contribution in [0.15, 0.2) is 23.1 Å². The number of benzene rings is 1. The molecule has 1 aromatic rings. The lowest BCUT2D eigenvalue weighted by Gasteiger charge is -2.10. The fourth-order valence-corrected chi connectivity index (χ4v) is 2.91. The van der Waals surface area contributed by atoms with Gasteiger partial charge in [0.15, 0.2) is 0 Å². The molecule has 2 N–H and O–H groups in total. The van der Waals surface area contributed by atoms with Crippen molar-refractivity contribution in [1.82, 2.24) is 10.0 Å². The summed E-state index contributed by atoms with van der Waals surface area (Å²) >= 11 is 5.81. The van der Waals surface area contributed by atoms with Gasteiger partial charge in [0.05, 0.1) is 7.11 Å². The average molecular weight is 293 g/mol. The zero-order valence-electron chi connectivity index (χ0n) is 10.4. The Balaban J connectivity index is 2.87. The lowest BCUT2D eigenvalue weighted by molar-refractivity contribution is 0.402. The van der Waals surface area contributed by atoms with E-state index in [-0.39, 0.29) is 10.6 Å². The molecule has 0 radical (unpaired) electrons. The molecule has 1 aromatic carbocycles. The van der Waals surface area contributed by atoms with Crippen molar-refractivity contribution in [3.8, 4) is 5.75 Å². The predicted molar refractivity (Wildman–Crippen MR) is 71.7 cm³/mol. The molecule has 0 saturated heterocycles. The highest BCUT2D eigenvalue weighted by molar-refractivity contribution is 7.89. The molecule has 0 aliphatic rings. The first kappa shape index (κ1) is 15.2. The summed E-state index contributed by atoms with van der Waals surface area (Å²) in [6, 6.07) is 4.49. The number of nitrogens with one attached hydrogen (secondary N) is 2. The summed E-state index contributed by atoms with van der Waals surface area (Å²) in [7, 11) is -0.359. The summed E-state index contributed by atoms with van der Waals surface area (Å²) in [5.41, 5.74) is 0. The summed E-state index contributed by atoms with van der Waals surface area (Å²) < 4.78 is 31.6. The van der Waals surface area contributed by atoms with E-state index in [1.807, 2.05) is 7.05 Å². The van der Waals surface area contributed by atoms with Gasteiger partial charge in [0.1, 0.15) is 10.6 Å². The van der Waals surface area contributed by atoms with Gasteiger partial charge in [-0.15, -0.1) is 0 Å². The van der Waals surface area contributed by atoms with Gasteiger partial charge >= 0.3 is 0 Å². The van der Waals surface area contributed by atoms with Crippen molar-refractivity contribution in [2.45, 2.75) is 11.3 Å². The number of hydrogen-bond acceptors (Lipinski definition) is 4. The Kier molecular flexibility index (Phi) is 5.87. The van der Waals surface area contributed by atoms with Crippen molar-refractivity contribution in [2.24, 2.45) is 0 Å². The average Bonchev–Trinajstić information content (AvgIpc) is 2.35. The van der Waals surface area contributed by atoms with Gasteiger partial charge in [0.25, 0.3) is 0 Å². The second-order valence-electron chi connectivity index (χ2n) is 3.65. The normalized spacial score (nSPS) is 11.5. The molecule has 0 bridgehead atoms. The van der Waals surface area contributed by atoms with Crippen LogP contribution in [0.1, 0.15) is 6.42 Å². The van der Waals surface area contributed by atoms with Gasteiger partial charge in [-0.3, -0.25) is 0 Å². The second-order valence-corrected chi connectivity index (χ2v) is 5.82. The molecule has 0 saturated carbocycles. The molecule has 1 rings (SSSR count). The summed E-state index contributed by atoms with van der Waals surface area (Å²) in [5.74, 6) is 0.278. The highest BCUT2D eigenvalue weighted by Crippen LogP contribution is 2.26. The van der Waals surface area contributed by atoms with E-state index < -0.39 is 10.0 Å². The first-order valence-electron chi connectivity index (χ1n) is 5.49. The first-order chi connectivity index (χ1) is 8.51. The molecular formula is C11H17ClN2O3S. The van der Waals surface area contributed by atoms with E-state index in [2.05, 4.69) is 10.0 Å². The molecule has 0 atom stereocenters. The zero-order chi connectivity index (χ0) is 13.6. The van der Waals surface area contributed by atoms with Crippen LogP contribution in [-0.4, -0.2) is 35.7 Å². The van der Waals surface area contributed by atoms with E-state index in [9.17, 15) is 8.42 Å². The van der Waals surface area contributed by atoms with Gasteiger partial charge < -0.3 is 10.1 Å². The Hall–Kier alpha value is -0.820. The largest absolute Gasteiger partial charge is 0.495 e. The van der Waals surface area contributed by atoms with Crippen LogP contribution in [0.25, 0.3) is 0 Å². The maximum Gasteiger partial charge on any atom is 0.244 e. The van der Waals surface area contributed by atoms with Crippen molar-refractivity contribution in [1.29, 1.82) is 0 Å². The molecule has 0 heterocycles. The van der Waals surface area contributed by atoms with E-state index in [1.165, 1.54) is 19.2 Å². The van der Waals surface area contributed by atoms with Crippen LogP contribution in [0.2, 0.25) is 5.02 Å². The molecule has 0 fully saturated rings. The quantitative estimate of drug-likeness (QED) is 0.742. The SMILES string of the molecule is CNCCCNS(=O)(=O)c1cc(Cl)ccc1OC. The molecule has 0 spiro atoms.